The van der Waals surface area contributed by atoms with Gasteiger partial charge in [-0.1, -0.05) is 18.2 Å². The van der Waals surface area contributed by atoms with E-state index in [2.05, 4.69) is 4.90 Å². The number of hydrogen-bond acceptors (Lipinski definition) is 4. The van der Waals surface area contributed by atoms with E-state index in [0.717, 1.165) is 30.9 Å². The van der Waals surface area contributed by atoms with Crippen molar-refractivity contribution in [3.63, 3.8) is 0 Å². The number of aliphatic carboxylic acids is 1. The molecule has 1 aromatic carbocycles. The molecule has 6 nitrogen and oxygen atoms in total. The monoisotopic (exact) mass is 356 g/mol. The molecule has 1 amide bonds. The van der Waals surface area contributed by atoms with E-state index in [1.54, 1.807) is 7.11 Å². The Morgan fingerprint density at radius 1 is 1.08 bits per heavy atom. The summed E-state index contributed by atoms with van der Waals surface area (Å²) >= 11 is 0. The van der Waals surface area contributed by atoms with Gasteiger partial charge in [0.2, 0.25) is 5.91 Å². The topological polar surface area (TPSA) is 70.1 Å². The number of hydrogen-bond donors (Lipinski definition) is 1. The number of benzene rings is 1. The van der Waals surface area contributed by atoms with Crippen molar-refractivity contribution in [3.05, 3.63) is 36.4 Å². The number of ether oxygens (including phenoxy) is 1. The molecule has 0 unspecified atom stereocenters. The van der Waals surface area contributed by atoms with Crippen LogP contribution >= 0.6 is 0 Å². The van der Waals surface area contributed by atoms with E-state index >= 15 is 0 Å². The van der Waals surface area contributed by atoms with Gasteiger partial charge in [-0.25, -0.2) is 0 Å². The Balaban J connectivity index is 1.42. The van der Waals surface area contributed by atoms with Gasteiger partial charge in [-0.15, -0.1) is 0 Å². The summed E-state index contributed by atoms with van der Waals surface area (Å²) < 4.78 is 5.28. The maximum absolute atomic E-state index is 13.0. The van der Waals surface area contributed by atoms with Crippen LogP contribution in [0.15, 0.2) is 36.4 Å². The van der Waals surface area contributed by atoms with Gasteiger partial charge in [-0.3, -0.25) is 9.59 Å². The Labute approximate surface area is 153 Å². The van der Waals surface area contributed by atoms with E-state index in [1.165, 1.54) is 0 Å². The smallest absolute Gasteiger partial charge is 0.307 e. The number of carboxylic acids is 1. The second-order valence-electron chi connectivity index (χ2n) is 7.35. The van der Waals surface area contributed by atoms with Gasteiger partial charge in [-0.2, -0.15) is 0 Å². The van der Waals surface area contributed by atoms with E-state index in [1.807, 2.05) is 41.3 Å². The molecule has 26 heavy (non-hydrogen) atoms. The average Bonchev–Trinajstić information content (AvgIpc) is 3.29. The van der Waals surface area contributed by atoms with Crippen LogP contribution in [0, 0.1) is 23.7 Å². The summed E-state index contributed by atoms with van der Waals surface area (Å²) in [6.45, 7) is 2.74. The second-order valence-corrected chi connectivity index (χ2v) is 7.35. The fourth-order valence-corrected chi connectivity index (χ4v) is 4.70. The van der Waals surface area contributed by atoms with E-state index < -0.39 is 17.8 Å². The third-order valence-corrected chi connectivity index (χ3v) is 6.04. The molecule has 6 heteroatoms. The summed E-state index contributed by atoms with van der Waals surface area (Å²) in [6.07, 6.45) is 4.82. The van der Waals surface area contributed by atoms with Gasteiger partial charge in [0.1, 0.15) is 5.75 Å². The number of carboxylic acid groups (broad SMARTS) is 1. The number of piperazine rings is 1. The molecule has 138 valence electrons. The molecule has 1 heterocycles. The first-order valence-corrected chi connectivity index (χ1v) is 9.17. The highest BCUT2D eigenvalue weighted by Crippen LogP contribution is 2.48. The molecule has 1 aromatic rings. The standard InChI is InChI=1S/C20H24N2O4/c1-26-16-4-2-3-15(12-16)21-7-9-22(10-8-21)19(23)17-13-5-6-14(11-13)18(17)20(24)25/h2-6,12-14,17-18H,7-11H2,1H3,(H,24,25)/t13-,14-,17+,18-/m1/s1. The molecular formula is C20H24N2O4. The van der Waals surface area contributed by atoms with Crippen LogP contribution in [0.2, 0.25) is 0 Å². The van der Waals surface area contributed by atoms with E-state index in [0.29, 0.717) is 13.1 Å². The molecule has 4 rings (SSSR count). The third kappa shape index (κ3) is 2.83. The molecule has 1 aliphatic heterocycles. The first-order chi connectivity index (χ1) is 12.6. The van der Waals surface area contributed by atoms with Gasteiger partial charge in [0, 0.05) is 37.9 Å². The number of nitrogens with zero attached hydrogens (tertiary/aromatic N) is 2. The highest BCUT2D eigenvalue weighted by Gasteiger charge is 2.52. The fraction of sp³-hybridized carbons (Fsp3) is 0.500. The third-order valence-electron chi connectivity index (χ3n) is 6.04. The number of methoxy groups -OCH3 is 1. The van der Waals surface area contributed by atoms with Crippen LogP contribution in [0.5, 0.6) is 5.75 Å². The predicted octanol–water partition coefficient (Wildman–Crippen LogP) is 1.87. The van der Waals surface area contributed by atoms with E-state index in [4.69, 9.17) is 4.74 Å². The van der Waals surface area contributed by atoms with Crippen LogP contribution in [0.1, 0.15) is 6.42 Å². The van der Waals surface area contributed by atoms with Crippen molar-refractivity contribution in [2.24, 2.45) is 23.7 Å². The highest BCUT2D eigenvalue weighted by atomic mass is 16.5. The fourth-order valence-electron chi connectivity index (χ4n) is 4.70. The van der Waals surface area contributed by atoms with Gasteiger partial charge < -0.3 is 19.6 Å². The summed E-state index contributed by atoms with van der Waals surface area (Å²) in [6, 6.07) is 7.92. The number of amides is 1. The van der Waals surface area contributed by atoms with Crippen molar-refractivity contribution in [3.8, 4) is 5.75 Å². The second kappa shape index (κ2) is 6.67. The van der Waals surface area contributed by atoms with Crippen molar-refractivity contribution in [1.82, 2.24) is 4.90 Å². The number of rotatable bonds is 4. The number of allylic oxidation sites excluding steroid dienone is 2. The highest BCUT2D eigenvalue weighted by molar-refractivity contribution is 5.87. The zero-order valence-corrected chi connectivity index (χ0v) is 14.9. The molecule has 4 atom stereocenters. The molecule has 0 aromatic heterocycles. The van der Waals surface area contributed by atoms with Crippen LogP contribution in [0.4, 0.5) is 5.69 Å². The largest absolute Gasteiger partial charge is 0.497 e. The van der Waals surface area contributed by atoms with Crippen LogP contribution in [0.25, 0.3) is 0 Å². The first-order valence-electron chi connectivity index (χ1n) is 9.17. The number of fused-ring (bicyclic) bond motifs is 2. The number of carbonyl (C=O) groups is 2. The van der Waals surface area contributed by atoms with Gasteiger partial charge in [0.05, 0.1) is 18.9 Å². The van der Waals surface area contributed by atoms with Crippen molar-refractivity contribution in [2.45, 2.75) is 6.42 Å². The Bertz CT molecular complexity index is 739. The maximum atomic E-state index is 13.0. The minimum atomic E-state index is -0.838. The molecule has 2 fully saturated rings. The Morgan fingerprint density at radius 3 is 2.42 bits per heavy atom. The first kappa shape index (κ1) is 16.9. The summed E-state index contributed by atoms with van der Waals surface area (Å²) in [5.41, 5.74) is 1.09. The average molecular weight is 356 g/mol. The molecule has 2 aliphatic carbocycles. The lowest BCUT2D eigenvalue weighted by Crippen LogP contribution is -2.52. The molecule has 2 bridgehead atoms. The lowest BCUT2D eigenvalue weighted by Gasteiger charge is -2.38. The molecule has 0 spiro atoms. The van der Waals surface area contributed by atoms with Gasteiger partial charge in [0.25, 0.3) is 0 Å². The van der Waals surface area contributed by atoms with Gasteiger partial charge in [0.15, 0.2) is 0 Å². The maximum Gasteiger partial charge on any atom is 0.307 e. The normalized spacial score (nSPS) is 29.9. The lowest BCUT2D eigenvalue weighted by atomic mass is 9.82. The molecule has 0 radical (unpaired) electrons. The number of anilines is 1. The van der Waals surface area contributed by atoms with Gasteiger partial charge >= 0.3 is 5.97 Å². The summed E-state index contributed by atoms with van der Waals surface area (Å²) in [5.74, 6) is -0.858. The predicted molar refractivity (Wildman–Crippen MR) is 97.1 cm³/mol. The van der Waals surface area contributed by atoms with Crippen LogP contribution in [-0.2, 0) is 9.59 Å². The summed E-state index contributed by atoms with van der Waals surface area (Å²) in [7, 11) is 1.65. The zero-order valence-electron chi connectivity index (χ0n) is 14.9. The minimum absolute atomic E-state index is 0.0135. The van der Waals surface area contributed by atoms with Gasteiger partial charge in [-0.05, 0) is 30.4 Å². The van der Waals surface area contributed by atoms with E-state index in [-0.39, 0.29) is 17.7 Å². The Hall–Kier alpha value is -2.50. The van der Waals surface area contributed by atoms with Crippen LogP contribution < -0.4 is 9.64 Å². The minimum Gasteiger partial charge on any atom is -0.497 e. The van der Waals surface area contributed by atoms with Crippen molar-refractivity contribution in [2.75, 3.05) is 38.2 Å². The lowest BCUT2D eigenvalue weighted by molar-refractivity contribution is -0.151. The number of carbonyl (C=O) groups excluding carboxylic acids is 1. The molecule has 1 saturated carbocycles. The SMILES string of the molecule is COc1cccc(N2CCN(C(=O)[C@@H]3[C@H](C(=O)O)[C@@H]4C=C[C@@H]3C4)CC2)c1. The van der Waals surface area contributed by atoms with Crippen molar-refractivity contribution >= 4 is 17.6 Å². The quantitative estimate of drug-likeness (QED) is 0.834. The summed E-state index contributed by atoms with van der Waals surface area (Å²) in [4.78, 5) is 28.8. The van der Waals surface area contributed by atoms with Crippen molar-refractivity contribution < 1.29 is 19.4 Å². The molecule has 1 saturated heterocycles. The summed E-state index contributed by atoms with van der Waals surface area (Å²) in [5, 5.41) is 9.57. The van der Waals surface area contributed by atoms with Crippen LogP contribution in [0.3, 0.4) is 0 Å². The Kier molecular flexibility index (Phi) is 4.34. The molecule has 1 N–H and O–H groups in total. The zero-order chi connectivity index (χ0) is 18.3. The van der Waals surface area contributed by atoms with Crippen LogP contribution in [-0.4, -0.2) is 55.2 Å². The molecular weight excluding hydrogens is 332 g/mol. The van der Waals surface area contributed by atoms with E-state index in [9.17, 15) is 14.7 Å². The van der Waals surface area contributed by atoms with Crippen molar-refractivity contribution in [1.29, 1.82) is 0 Å². The Morgan fingerprint density at radius 2 is 1.77 bits per heavy atom. The molecule has 3 aliphatic rings.